The number of ether oxygens (including phenoxy) is 1. The van der Waals surface area contributed by atoms with Crippen LogP contribution in [0.3, 0.4) is 0 Å². The van der Waals surface area contributed by atoms with Gasteiger partial charge >= 0.3 is 5.97 Å². The highest BCUT2D eigenvalue weighted by Gasteiger charge is 2.28. The topological polar surface area (TPSA) is 138 Å². The lowest BCUT2D eigenvalue weighted by molar-refractivity contribution is -0.146. The summed E-state index contributed by atoms with van der Waals surface area (Å²) in [6.45, 7) is 1.75. The number of H-pyrrole nitrogens is 1. The Labute approximate surface area is 191 Å². The van der Waals surface area contributed by atoms with E-state index < -0.39 is 17.9 Å². The summed E-state index contributed by atoms with van der Waals surface area (Å²) in [7, 11) is 1.31. The molecule has 0 saturated carbocycles. The van der Waals surface area contributed by atoms with Gasteiger partial charge in [-0.15, -0.1) is 0 Å². The highest BCUT2D eigenvalue weighted by molar-refractivity contribution is 5.95. The number of nitrogens with two attached hydrogens (primary N) is 1. The van der Waals surface area contributed by atoms with Crippen LogP contribution in [-0.4, -0.2) is 35.8 Å². The maximum absolute atomic E-state index is 12.8. The van der Waals surface area contributed by atoms with Crippen molar-refractivity contribution in [1.82, 2.24) is 10.3 Å². The Morgan fingerprint density at radius 1 is 1.06 bits per heavy atom. The molecule has 1 aromatic heterocycles. The van der Waals surface area contributed by atoms with Gasteiger partial charge in [0, 0.05) is 29.4 Å². The minimum absolute atomic E-state index is 0.0573. The summed E-state index contributed by atoms with van der Waals surface area (Å²) in [6.07, 6.45) is 1.93. The highest BCUT2D eigenvalue weighted by Crippen LogP contribution is 2.19. The van der Waals surface area contributed by atoms with Crippen molar-refractivity contribution in [1.29, 1.82) is 5.41 Å². The molecule has 0 saturated heterocycles. The minimum Gasteiger partial charge on any atom is -0.469 e. The lowest BCUT2D eigenvalue weighted by Gasteiger charge is -2.23. The van der Waals surface area contributed by atoms with Crippen LogP contribution in [0.4, 0.5) is 0 Å². The molecule has 1 amide bonds. The highest BCUT2D eigenvalue weighted by atomic mass is 16.5. The first kappa shape index (κ1) is 23.5. The average molecular weight is 447 g/mol. The summed E-state index contributed by atoms with van der Waals surface area (Å²) < 4.78 is 4.96. The first-order chi connectivity index (χ1) is 15.8. The molecule has 0 spiro atoms. The molecule has 0 unspecified atom stereocenters. The average Bonchev–Trinajstić information content (AvgIpc) is 2.82. The number of methoxy groups -OCH3 is 1. The van der Waals surface area contributed by atoms with E-state index in [0.717, 1.165) is 16.7 Å². The number of pyridine rings is 1. The van der Waals surface area contributed by atoms with E-state index >= 15 is 0 Å². The number of aromatic nitrogens is 1. The lowest BCUT2D eigenvalue weighted by atomic mass is 9.92. The Kier molecular flexibility index (Phi) is 7.40. The number of nitrogens with one attached hydrogen (secondary N) is 3. The number of amides is 1. The van der Waals surface area contributed by atoms with Crippen LogP contribution in [-0.2, 0) is 16.0 Å². The Balaban J connectivity index is 1.72. The van der Waals surface area contributed by atoms with Gasteiger partial charge in [-0.2, -0.15) is 0 Å². The Hall–Kier alpha value is -4.20. The van der Waals surface area contributed by atoms with Gasteiger partial charge in [0.1, 0.15) is 5.84 Å². The number of amidine groups is 1. The van der Waals surface area contributed by atoms with Crippen molar-refractivity contribution in [3.63, 3.8) is 0 Å². The van der Waals surface area contributed by atoms with Crippen LogP contribution in [0.2, 0.25) is 0 Å². The first-order valence-corrected chi connectivity index (χ1v) is 10.4. The fourth-order valence-electron chi connectivity index (χ4n) is 3.53. The summed E-state index contributed by atoms with van der Waals surface area (Å²) in [5.41, 5.74) is 8.88. The van der Waals surface area contributed by atoms with E-state index in [4.69, 9.17) is 15.9 Å². The van der Waals surface area contributed by atoms with E-state index in [2.05, 4.69) is 10.3 Å². The standard InChI is InChI=1S/C25H26N4O4/c1-15(21(25(32)33-2)13-16-4-3-5-19(12-16)23(26)27)29-24(31)18-8-6-17(7-9-18)20-10-11-22(30)28-14-20/h3-12,14-15,21H,13H2,1-2H3,(H3,26,27)(H,28,30)(H,29,31)/t15-,21-/m1/s1. The lowest BCUT2D eigenvalue weighted by Crippen LogP contribution is -2.42. The zero-order chi connectivity index (χ0) is 24.0. The van der Waals surface area contributed by atoms with E-state index in [1.807, 2.05) is 6.07 Å². The van der Waals surface area contributed by atoms with Crippen LogP contribution < -0.4 is 16.6 Å². The van der Waals surface area contributed by atoms with Crippen LogP contribution in [0.5, 0.6) is 0 Å². The summed E-state index contributed by atoms with van der Waals surface area (Å²) in [6, 6.07) is 16.7. The number of carbonyl (C=O) groups is 2. The zero-order valence-corrected chi connectivity index (χ0v) is 18.4. The van der Waals surface area contributed by atoms with Crippen molar-refractivity contribution < 1.29 is 14.3 Å². The summed E-state index contributed by atoms with van der Waals surface area (Å²) in [4.78, 5) is 39.1. The zero-order valence-electron chi connectivity index (χ0n) is 18.4. The first-order valence-electron chi connectivity index (χ1n) is 10.4. The third-order valence-electron chi connectivity index (χ3n) is 5.42. The van der Waals surface area contributed by atoms with E-state index in [1.165, 1.54) is 13.2 Å². The van der Waals surface area contributed by atoms with Crippen LogP contribution in [0.25, 0.3) is 11.1 Å². The Bertz CT molecular complexity index is 1200. The third kappa shape index (κ3) is 5.94. The summed E-state index contributed by atoms with van der Waals surface area (Å²) >= 11 is 0. The number of esters is 1. The van der Waals surface area contributed by atoms with Crippen molar-refractivity contribution >= 4 is 17.7 Å². The van der Waals surface area contributed by atoms with Crippen LogP contribution in [0.1, 0.15) is 28.4 Å². The van der Waals surface area contributed by atoms with Crippen LogP contribution in [0, 0.1) is 11.3 Å². The molecule has 8 nitrogen and oxygen atoms in total. The van der Waals surface area contributed by atoms with Crippen molar-refractivity contribution in [2.75, 3.05) is 7.11 Å². The largest absolute Gasteiger partial charge is 0.469 e. The maximum Gasteiger partial charge on any atom is 0.311 e. The molecule has 0 aliphatic heterocycles. The van der Waals surface area contributed by atoms with E-state index in [-0.39, 0.29) is 17.3 Å². The molecule has 0 fully saturated rings. The molecular weight excluding hydrogens is 420 g/mol. The van der Waals surface area contributed by atoms with Crippen molar-refractivity contribution in [2.24, 2.45) is 11.7 Å². The van der Waals surface area contributed by atoms with Crippen molar-refractivity contribution in [2.45, 2.75) is 19.4 Å². The molecule has 0 aliphatic rings. The van der Waals surface area contributed by atoms with E-state index in [1.54, 1.807) is 61.7 Å². The molecule has 5 N–H and O–H groups in total. The molecule has 3 aromatic rings. The van der Waals surface area contributed by atoms with Gasteiger partial charge in [-0.3, -0.25) is 19.8 Å². The van der Waals surface area contributed by atoms with Crippen molar-refractivity contribution in [3.05, 3.63) is 93.9 Å². The van der Waals surface area contributed by atoms with Gasteiger partial charge in [-0.1, -0.05) is 30.3 Å². The predicted octanol–water partition coefficient (Wildman–Crippen LogP) is 2.48. The fourth-order valence-corrected chi connectivity index (χ4v) is 3.53. The van der Waals surface area contributed by atoms with Crippen molar-refractivity contribution in [3.8, 4) is 11.1 Å². The molecule has 3 rings (SSSR count). The molecule has 1 heterocycles. The molecular formula is C25H26N4O4. The second kappa shape index (κ2) is 10.4. The molecule has 2 atom stereocenters. The normalized spacial score (nSPS) is 12.4. The molecule has 170 valence electrons. The fraction of sp³-hybridized carbons (Fsp3) is 0.200. The number of hydrogen-bond acceptors (Lipinski definition) is 5. The quantitative estimate of drug-likeness (QED) is 0.239. The van der Waals surface area contributed by atoms with Gasteiger partial charge in [0.2, 0.25) is 5.56 Å². The molecule has 33 heavy (non-hydrogen) atoms. The molecule has 0 radical (unpaired) electrons. The van der Waals surface area contributed by atoms with Gasteiger partial charge in [-0.05, 0) is 54.3 Å². The van der Waals surface area contributed by atoms with Gasteiger partial charge in [0.15, 0.2) is 0 Å². The minimum atomic E-state index is -0.624. The number of rotatable bonds is 8. The third-order valence-corrected chi connectivity index (χ3v) is 5.42. The number of hydrogen-bond donors (Lipinski definition) is 4. The van der Waals surface area contributed by atoms with Crippen LogP contribution in [0.15, 0.2) is 71.7 Å². The van der Waals surface area contributed by atoms with Crippen LogP contribution >= 0.6 is 0 Å². The summed E-state index contributed by atoms with van der Waals surface area (Å²) in [5.74, 6) is -1.44. The number of aromatic amines is 1. The molecule has 0 aliphatic carbocycles. The number of carbonyl (C=O) groups excluding carboxylic acids is 2. The van der Waals surface area contributed by atoms with E-state index in [9.17, 15) is 14.4 Å². The number of benzene rings is 2. The van der Waals surface area contributed by atoms with Gasteiger partial charge in [0.05, 0.1) is 13.0 Å². The summed E-state index contributed by atoms with van der Waals surface area (Å²) in [5, 5.41) is 10.5. The Morgan fingerprint density at radius 3 is 2.36 bits per heavy atom. The van der Waals surface area contributed by atoms with Gasteiger partial charge in [0.25, 0.3) is 5.91 Å². The molecule has 0 bridgehead atoms. The smallest absolute Gasteiger partial charge is 0.311 e. The second-order valence-electron chi connectivity index (χ2n) is 7.73. The SMILES string of the molecule is COC(=O)[C@H](Cc1cccc(C(=N)N)c1)[C@@H](C)NC(=O)c1ccc(-c2ccc(=O)[nH]c2)cc1. The number of nitrogen functional groups attached to an aromatic ring is 1. The monoisotopic (exact) mass is 446 g/mol. The Morgan fingerprint density at radius 2 is 1.76 bits per heavy atom. The predicted molar refractivity (Wildman–Crippen MR) is 126 cm³/mol. The molecule has 8 heteroatoms. The second-order valence-corrected chi connectivity index (χ2v) is 7.73. The molecule has 2 aromatic carbocycles. The maximum atomic E-state index is 12.8. The van der Waals surface area contributed by atoms with Gasteiger partial charge < -0.3 is 20.8 Å². The van der Waals surface area contributed by atoms with Gasteiger partial charge in [-0.25, -0.2) is 0 Å². The van der Waals surface area contributed by atoms with E-state index in [0.29, 0.717) is 17.5 Å².